The molecule has 0 unspecified atom stereocenters. The van der Waals surface area contributed by atoms with Gasteiger partial charge in [-0.05, 0) is 24.3 Å². The van der Waals surface area contributed by atoms with Crippen molar-refractivity contribution in [2.75, 3.05) is 0 Å². The molecule has 0 saturated heterocycles. The summed E-state index contributed by atoms with van der Waals surface area (Å²) >= 11 is 0. The molecule has 6 nitrogen and oxygen atoms in total. The van der Waals surface area contributed by atoms with E-state index in [1.54, 1.807) is 0 Å². The first-order valence-electron chi connectivity index (χ1n) is 4.04. The van der Waals surface area contributed by atoms with Gasteiger partial charge < -0.3 is 5.73 Å². The Morgan fingerprint density at radius 3 is 2.40 bits per heavy atom. The van der Waals surface area contributed by atoms with Gasteiger partial charge >= 0.3 is 0 Å². The lowest BCUT2D eigenvalue weighted by Gasteiger charge is -2.05. The fourth-order valence-corrected chi connectivity index (χ4v) is 0.892. The zero-order valence-electron chi connectivity index (χ0n) is 7.74. The van der Waals surface area contributed by atoms with Crippen LogP contribution in [0.5, 0.6) is 0 Å². The number of hydrazine groups is 1. The van der Waals surface area contributed by atoms with Crippen LogP contribution in [0.2, 0.25) is 0 Å². The first-order chi connectivity index (χ1) is 7.13. The van der Waals surface area contributed by atoms with Gasteiger partial charge in [0.2, 0.25) is 5.96 Å². The highest BCUT2D eigenvalue weighted by atomic mass is 16.2. The van der Waals surface area contributed by atoms with Crippen LogP contribution >= 0.6 is 0 Å². The maximum Gasteiger partial charge on any atom is 0.269 e. The summed E-state index contributed by atoms with van der Waals surface area (Å²) < 4.78 is 0. The maximum absolute atomic E-state index is 11.3. The molecule has 0 spiro atoms. The smallest absolute Gasteiger partial charge is 0.269 e. The predicted molar refractivity (Wildman–Crippen MR) is 53.7 cm³/mol. The third kappa shape index (κ3) is 3.00. The number of amides is 1. The summed E-state index contributed by atoms with van der Waals surface area (Å²) in [5.41, 5.74) is 10.2. The topological polar surface area (TPSA) is 115 Å². The number of nitrogens with zero attached hydrogens (tertiary/aromatic N) is 1. The molecule has 5 N–H and O–H groups in total. The molecule has 0 aliphatic carbocycles. The molecule has 0 saturated carbocycles. The van der Waals surface area contributed by atoms with Crippen molar-refractivity contribution in [3.05, 3.63) is 35.4 Å². The second-order valence-corrected chi connectivity index (χ2v) is 2.68. The molecule has 0 aliphatic rings. The summed E-state index contributed by atoms with van der Waals surface area (Å²) in [4.78, 5) is 11.3. The minimum Gasteiger partial charge on any atom is -0.369 e. The van der Waals surface area contributed by atoms with Crippen molar-refractivity contribution in [1.82, 2.24) is 10.9 Å². The number of rotatable bonds is 1. The highest BCUT2D eigenvalue weighted by molar-refractivity contribution is 5.95. The molecule has 0 bridgehead atoms. The monoisotopic (exact) mass is 203 g/mol. The fraction of sp³-hybridized carbons (Fsp3) is 0. The van der Waals surface area contributed by atoms with Crippen LogP contribution < -0.4 is 16.6 Å². The van der Waals surface area contributed by atoms with E-state index in [-0.39, 0.29) is 5.96 Å². The van der Waals surface area contributed by atoms with Gasteiger partial charge in [0, 0.05) is 5.56 Å². The largest absolute Gasteiger partial charge is 0.369 e. The number of benzene rings is 1. The molecule has 0 fully saturated rings. The summed E-state index contributed by atoms with van der Waals surface area (Å²) in [5.74, 6) is -0.772. The Labute approximate surface area is 86.2 Å². The Bertz CT molecular complexity index is 417. The zero-order valence-corrected chi connectivity index (χ0v) is 7.74. The first-order valence-corrected chi connectivity index (χ1v) is 4.04. The second-order valence-electron chi connectivity index (χ2n) is 2.68. The van der Waals surface area contributed by atoms with Gasteiger partial charge in [-0.2, -0.15) is 5.26 Å². The number of nitrogens with one attached hydrogen (secondary N) is 3. The maximum atomic E-state index is 11.3. The number of nitrogens with two attached hydrogens (primary N) is 1. The van der Waals surface area contributed by atoms with Crippen LogP contribution in [0.3, 0.4) is 0 Å². The molecule has 0 aliphatic heterocycles. The molecular formula is C9H9N5O. The Morgan fingerprint density at radius 1 is 1.33 bits per heavy atom. The molecule has 6 heteroatoms. The molecule has 1 rings (SSSR count). The zero-order chi connectivity index (χ0) is 11.3. The van der Waals surface area contributed by atoms with Crippen molar-refractivity contribution >= 4 is 11.9 Å². The standard InChI is InChI=1S/C9H9N5O/c10-5-6-1-3-7(4-2-6)8(15)13-14-9(11)12/h1-4H,(H,13,15)(H4,11,12,14). The van der Waals surface area contributed by atoms with Gasteiger partial charge in [0.25, 0.3) is 5.91 Å². The van der Waals surface area contributed by atoms with Crippen LogP contribution in [0, 0.1) is 16.7 Å². The number of carbonyl (C=O) groups is 1. The van der Waals surface area contributed by atoms with Gasteiger partial charge in [0.05, 0.1) is 11.6 Å². The minimum absolute atomic E-state index is 0.350. The van der Waals surface area contributed by atoms with E-state index in [1.807, 2.05) is 6.07 Å². The van der Waals surface area contributed by atoms with Crippen molar-refractivity contribution in [3.63, 3.8) is 0 Å². The lowest BCUT2D eigenvalue weighted by atomic mass is 10.1. The van der Waals surface area contributed by atoms with Crippen LogP contribution in [0.15, 0.2) is 24.3 Å². The lowest BCUT2D eigenvalue weighted by molar-refractivity contribution is 0.0943. The third-order valence-electron chi connectivity index (χ3n) is 1.59. The normalized spacial score (nSPS) is 8.73. The van der Waals surface area contributed by atoms with Crippen molar-refractivity contribution < 1.29 is 4.79 Å². The predicted octanol–water partition coefficient (Wildman–Crippen LogP) is -0.314. The van der Waals surface area contributed by atoms with Gasteiger partial charge in [-0.3, -0.25) is 21.1 Å². The molecular weight excluding hydrogens is 194 g/mol. The second kappa shape index (κ2) is 4.62. The summed E-state index contributed by atoms with van der Waals surface area (Å²) in [6.45, 7) is 0. The highest BCUT2D eigenvalue weighted by Gasteiger charge is 2.04. The van der Waals surface area contributed by atoms with Crippen molar-refractivity contribution in [1.29, 1.82) is 10.7 Å². The molecule has 15 heavy (non-hydrogen) atoms. The average molecular weight is 203 g/mol. The van der Waals surface area contributed by atoms with E-state index in [9.17, 15) is 4.79 Å². The summed E-state index contributed by atoms with van der Waals surface area (Å²) in [6.07, 6.45) is 0. The molecule has 1 amide bonds. The van der Waals surface area contributed by atoms with Crippen molar-refractivity contribution in [2.24, 2.45) is 5.73 Å². The van der Waals surface area contributed by atoms with Crippen LogP contribution in [-0.4, -0.2) is 11.9 Å². The molecule has 0 aromatic heterocycles. The van der Waals surface area contributed by atoms with E-state index in [1.165, 1.54) is 24.3 Å². The Kier molecular flexibility index (Phi) is 3.24. The van der Waals surface area contributed by atoms with E-state index in [0.29, 0.717) is 11.1 Å². The van der Waals surface area contributed by atoms with Gasteiger partial charge in [-0.25, -0.2) is 0 Å². The van der Waals surface area contributed by atoms with Crippen molar-refractivity contribution in [3.8, 4) is 6.07 Å². The number of guanidine groups is 1. The SMILES string of the molecule is N#Cc1ccc(C(=O)NNC(=N)N)cc1. The molecule has 1 aromatic rings. The number of hydrogen-bond acceptors (Lipinski definition) is 3. The molecule has 0 atom stereocenters. The van der Waals surface area contributed by atoms with E-state index >= 15 is 0 Å². The van der Waals surface area contributed by atoms with E-state index in [2.05, 4.69) is 10.9 Å². The molecule has 76 valence electrons. The fourth-order valence-electron chi connectivity index (χ4n) is 0.892. The number of nitriles is 1. The highest BCUT2D eigenvalue weighted by Crippen LogP contribution is 2.02. The first kappa shape index (κ1) is 10.5. The van der Waals surface area contributed by atoms with E-state index < -0.39 is 5.91 Å². The summed E-state index contributed by atoms with van der Waals surface area (Å²) in [6, 6.07) is 8.02. The van der Waals surface area contributed by atoms with Crippen LogP contribution in [0.25, 0.3) is 0 Å². The lowest BCUT2D eigenvalue weighted by Crippen LogP contribution is -2.44. The van der Waals surface area contributed by atoms with Gasteiger partial charge in [-0.1, -0.05) is 0 Å². The molecule has 0 heterocycles. The van der Waals surface area contributed by atoms with E-state index in [0.717, 1.165) is 0 Å². The molecule has 0 radical (unpaired) electrons. The van der Waals surface area contributed by atoms with Crippen LogP contribution in [0.1, 0.15) is 15.9 Å². The quantitative estimate of drug-likeness (QED) is 0.284. The summed E-state index contributed by atoms with van der Waals surface area (Å²) in [5, 5.41) is 15.4. The van der Waals surface area contributed by atoms with E-state index in [4.69, 9.17) is 16.4 Å². The Hall–Kier alpha value is -2.55. The number of hydrogen-bond donors (Lipinski definition) is 4. The minimum atomic E-state index is -0.422. The number of carbonyl (C=O) groups excluding carboxylic acids is 1. The van der Waals surface area contributed by atoms with Crippen molar-refractivity contribution in [2.45, 2.75) is 0 Å². The Balaban J connectivity index is 2.67. The van der Waals surface area contributed by atoms with Crippen LogP contribution in [-0.2, 0) is 0 Å². The van der Waals surface area contributed by atoms with Gasteiger partial charge in [0.1, 0.15) is 0 Å². The average Bonchev–Trinajstić information content (AvgIpc) is 2.26. The summed E-state index contributed by atoms with van der Waals surface area (Å²) in [7, 11) is 0. The van der Waals surface area contributed by atoms with Crippen LogP contribution in [0.4, 0.5) is 0 Å². The van der Waals surface area contributed by atoms with Gasteiger partial charge in [0.15, 0.2) is 0 Å². The third-order valence-corrected chi connectivity index (χ3v) is 1.59. The molecule has 1 aromatic carbocycles. The van der Waals surface area contributed by atoms with Gasteiger partial charge in [-0.15, -0.1) is 0 Å². The Morgan fingerprint density at radius 2 is 1.93 bits per heavy atom.